The molecule has 2 aromatic rings. The maximum absolute atomic E-state index is 5.99. The molecule has 3 rings (SSSR count). The SMILES string of the molecule is CCCC(C)(Pc1ccccc1CN1CCCCC1)c1cc(OC)ccc1OCOC. The normalized spacial score (nSPS) is 17.0. The van der Waals surface area contributed by atoms with Gasteiger partial charge in [-0.15, -0.1) is 0 Å². The first-order valence-electron chi connectivity index (χ1n) is 11.5. The molecular formula is C26H38NO3P. The molecule has 0 aliphatic carbocycles. The van der Waals surface area contributed by atoms with Crippen LogP contribution in [0.15, 0.2) is 42.5 Å². The van der Waals surface area contributed by atoms with Crippen LogP contribution >= 0.6 is 8.58 Å². The van der Waals surface area contributed by atoms with Gasteiger partial charge in [0.05, 0.1) is 7.11 Å². The topological polar surface area (TPSA) is 30.9 Å². The number of methoxy groups -OCH3 is 2. The molecule has 1 aliphatic heterocycles. The number of hydrogen-bond acceptors (Lipinski definition) is 4. The fraction of sp³-hybridized carbons (Fsp3) is 0.538. The van der Waals surface area contributed by atoms with Gasteiger partial charge in [-0.3, -0.25) is 4.90 Å². The lowest BCUT2D eigenvalue weighted by atomic mass is 9.94. The van der Waals surface area contributed by atoms with E-state index in [1.165, 1.54) is 48.8 Å². The zero-order chi connectivity index (χ0) is 22.1. The van der Waals surface area contributed by atoms with E-state index in [9.17, 15) is 0 Å². The molecule has 5 heteroatoms. The average Bonchev–Trinajstić information content (AvgIpc) is 2.80. The quantitative estimate of drug-likeness (QED) is 0.330. The number of likely N-dealkylation sites (tertiary alicyclic amines) is 1. The Labute approximate surface area is 190 Å². The minimum atomic E-state index is -0.0373. The molecule has 0 amide bonds. The van der Waals surface area contributed by atoms with Crippen molar-refractivity contribution in [2.24, 2.45) is 0 Å². The summed E-state index contributed by atoms with van der Waals surface area (Å²) in [5.41, 5.74) is 2.67. The summed E-state index contributed by atoms with van der Waals surface area (Å²) < 4.78 is 16.8. The fourth-order valence-corrected chi connectivity index (χ4v) is 6.32. The summed E-state index contributed by atoms with van der Waals surface area (Å²) in [6.45, 7) is 8.37. The van der Waals surface area contributed by atoms with Gasteiger partial charge in [-0.1, -0.05) is 59.5 Å². The van der Waals surface area contributed by atoms with Crippen molar-refractivity contribution in [2.75, 3.05) is 34.1 Å². The van der Waals surface area contributed by atoms with Crippen LogP contribution in [0.3, 0.4) is 0 Å². The van der Waals surface area contributed by atoms with Gasteiger partial charge in [-0.05, 0) is 61.4 Å². The highest BCUT2D eigenvalue weighted by Crippen LogP contribution is 2.49. The zero-order valence-electron chi connectivity index (χ0n) is 19.6. The summed E-state index contributed by atoms with van der Waals surface area (Å²) >= 11 is 0. The first kappa shape index (κ1) is 24.0. The number of ether oxygens (including phenoxy) is 3. The Kier molecular flexibility index (Phi) is 9.19. The number of rotatable bonds is 11. The molecule has 1 saturated heterocycles. The van der Waals surface area contributed by atoms with Gasteiger partial charge in [0.2, 0.25) is 0 Å². The molecule has 0 N–H and O–H groups in total. The smallest absolute Gasteiger partial charge is 0.188 e. The highest BCUT2D eigenvalue weighted by atomic mass is 31.1. The zero-order valence-corrected chi connectivity index (χ0v) is 20.6. The van der Waals surface area contributed by atoms with Gasteiger partial charge < -0.3 is 14.2 Å². The van der Waals surface area contributed by atoms with Crippen LogP contribution in [0.5, 0.6) is 11.5 Å². The Morgan fingerprint density at radius 3 is 2.52 bits per heavy atom. The van der Waals surface area contributed by atoms with Crippen molar-refractivity contribution >= 4 is 13.9 Å². The predicted molar refractivity (Wildman–Crippen MR) is 131 cm³/mol. The number of nitrogens with zero attached hydrogens (tertiary/aromatic N) is 1. The molecule has 1 fully saturated rings. The van der Waals surface area contributed by atoms with E-state index < -0.39 is 0 Å². The Hall–Kier alpha value is -1.61. The van der Waals surface area contributed by atoms with Crippen molar-refractivity contribution in [1.29, 1.82) is 0 Å². The third-order valence-electron chi connectivity index (χ3n) is 6.13. The second-order valence-corrected chi connectivity index (χ2v) is 10.5. The molecule has 170 valence electrons. The Bertz CT molecular complexity index is 822. The van der Waals surface area contributed by atoms with Gasteiger partial charge in [-0.2, -0.15) is 0 Å². The van der Waals surface area contributed by atoms with E-state index in [2.05, 4.69) is 49.1 Å². The first-order chi connectivity index (χ1) is 15.1. The lowest BCUT2D eigenvalue weighted by Gasteiger charge is -2.34. The molecule has 31 heavy (non-hydrogen) atoms. The average molecular weight is 444 g/mol. The highest BCUT2D eigenvalue weighted by molar-refractivity contribution is 7.48. The molecule has 0 radical (unpaired) electrons. The molecular weight excluding hydrogens is 405 g/mol. The van der Waals surface area contributed by atoms with Crippen LogP contribution in [0.1, 0.15) is 57.1 Å². The summed E-state index contributed by atoms with van der Waals surface area (Å²) in [6, 6.07) is 15.1. The van der Waals surface area contributed by atoms with Gasteiger partial charge in [-0.25, -0.2) is 0 Å². The van der Waals surface area contributed by atoms with Gasteiger partial charge in [0.1, 0.15) is 11.5 Å². The van der Waals surface area contributed by atoms with Gasteiger partial charge >= 0.3 is 0 Å². The summed E-state index contributed by atoms with van der Waals surface area (Å²) in [4.78, 5) is 2.61. The van der Waals surface area contributed by atoms with E-state index in [4.69, 9.17) is 14.2 Å². The van der Waals surface area contributed by atoms with Crippen molar-refractivity contribution in [2.45, 2.75) is 57.7 Å². The second kappa shape index (κ2) is 11.9. The monoisotopic (exact) mass is 443 g/mol. The highest BCUT2D eigenvalue weighted by Gasteiger charge is 2.31. The van der Waals surface area contributed by atoms with E-state index in [-0.39, 0.29) is 11.9 Å². The number of piperidine rings is 1. The molecule has 2 atom stereocenters. The van der Waals surface area contributed by atoms with E-state index in [1.807, 2.05) is 12.1 Å². The largest absolute Gasteiger partial charge is 0.497 e. The van der Waals surface area contributed by atoms with Crippen LogP contribution < -0.4 is 14.8 Å². The standard InChI is InChI=1S/C26H38NO3P/c1-5-15-26(2,23-18-22(29-4)13-14-24(23)30-20-28-3)31-25-12-8-7-11-21(25)19-27-16-9-6-10-17-27/h7-8,11-14,18,31H,5-6,9-10,15-17,19-20H2,1-4H3. The maximum Gasteiger partial charge on any atom is 0.188 e. The first-order valence-corrected chi connectivity index (χ1v) is 12.5. The molecule has 1 aliphatic rings. The summed E-state index contributed by atoms with van der Waals surface area (Å²) in [6.07, 6.45) is 6.21. The third-order valence-corrected chi connectivity index (χ3v) is 7.96. The summed E-state index contributed by atoms with van der Waals surface area (Å²) in [5, 5.41) is 1.43. The molecule has 0 aromatic heterocycles. The Balaban J connectivity index is 1.93. The fourth-order valence-electron chi connectivity index (χ4n) is 4.52. The van der Waals surface area contributed by atoms with Crippen molar-refractivity contribution in [3.8, 4) is 11.5 Å². The van der Waals surface area contributed by atoms with Crippen molar-refractivity contribution in [3.63, 3.8) is 0 Å². The predicted octanol–water partition coefficient (Wildman–Crippen LogP) is 5.68. The lowest BCUT2D eigenvalue weighted by molar-refractivity contribution is 0.0500. The molecule has 0 saturated carbocycles. The van der Waals surface area contributed by atoms with Gasteiger partial charge in [0, 0.05) is 24.4 Å². The van der Waals surface area contributed by atoms with Crippen LogP contribution in [-0.2, 0) is 16.4 Å². The minimum absolute atomic E-state index is 0.0373. The van der Waals surface area contributed by atoms with Gasteiger partial charge in [0.15, 0.2) is 6.79 Å². The molecule has 0 spiro atoms. The van der Waals surface area contributed by atoms with E-state index >= 15 is 0 Å². The van der Waals surface area contributed by atoms with Crippen molar-refractivity contribution in [1.82, 2.24) is 4.90 Å². The van der Waals surface area contributed by atoms with E-state index in [0.717, 1.165) is 30.9 Å². The summed E-state index contributed by atoms with van der Waals surface area (Å²) in [5.74, 6) is 1.76. The van der Waals surface area contributed by atoms with Crippen LogP contribution in [0.25, 0.3) is 0 Å². The van der Waals surface area contributed by atoms with Gasteiger partial charge in [0.25, 0.3) is 0 Å². The van der Waals surface area contributed by atoms with E-state index in [1.54, 1.807) is 14.2 Å². The number of hydrogen-bond donors (Lipinski definition) is 0. The van der Waals surface area contributed by atoms with E-state index in [0.29, 0.717) is 8.58 Å². The Morgan fingerprint density at radius 1 is 1.03 bits per heavy atom. The molecule has 2 aromatic carbocycles. The molecule has 1 heterocycles. The second-order valence-electron chi connectivity index (χ2n) is 8.61. The lowest BCUT2D eigenvalue weighted by Crippen LogP contribution is -2.31. The van der Waals surface area contributed by atoms with Crippen LogP contribution in [0.2, 0.25) is 0 Å². The maximum atomic E-state index is 5.99. The minimum Gasteiger partial charge on any atom is -0.497 e. The third kappa shape index (κ3) is 6.44. The number of benzene rings is 2. The summed E-state index contributed by atoms with van der Waals surface area (Å²) in [7, 11) is 4.03. The van der Waals surface area contributed by atoms with Crippen LogP contribution in [0.4, 0.5) is 0 Å². The molecule has 4 nitrogen and oxygen atoms in total. The molecule has 0 bridgehead atoms. The van der Waals surface area contributed by atoms with Crippen LogP contribution in [-0.4, -0.2) is 39.0 Å². The van der Waals surface area contributed by atoms with Crippen LogP contribution in [0, 0.1) is 0 Å². The Morgan fingerprint density at radius 2 is 1.81 bits per heavy atom. The van der Waals surface area contributed by atoms with Crippen molar-refractivity contribution in [3.05, 3.63) is 53.6 Å². The van der Waals surface area contributed by atoms with Crippen molar-refractivity contribution < 1.29 is 14.2 Å². The molecule has 2 unspecified atom stereocenters.